The van der Waals surface area contributed by atoms with Crippen LogP contribution in [0.2, 0.25) is 0 Å². The van der Waals surface area contributed by atoms with Crippen LogP contribution in [0, 0.1) is 0 Å². The molecular weight excluding hydrogens is 240 g/mol. The van der Waals surface area contributed by atoms with Crippen LogP contribution in [0.25, 0.3) is 0 Å². The van der Waals surface area contributed by atoms with Gasteiger partial charge in [-0.3, -0.25) is 5.43 Å². The Balaban J connectivity index is 1.98. The largest absolute Gasteiger partial charge is 0.255 e. The van der Waals surface area contributed by atoms with E-state index in [1.54, 1.807) is 0 Å². The van der Waals surface area contributed by atoms with Gasteiger partial charge in [0.1, 0.15) is 0 Å². The smallest absolute Gasteiger partial charge is 0.0505 e. The zero-order chi connectivity index (χ0) is 9.60. The summed E-state index contributed by atoms with van der Waals surface area (Å²) in [5.74, 6) is 0. The maximum Gasteiger partial charge on any atom is 0.0505 e. The number of halogens is 1. The third-order valence-corrected chi connectivity index (χ3v) is 4.12. The van der Waals surface area contributed by atoms with Gasteiger partial charge in [-0.1, -0.05) is 28.1 Å². The van der Waals surface area contributed by atoms with Crippen molar-refractivity contribution in [2.24, 2.45) is 0 Å². The van der Waals surface area contributed by atoms with E-state index in [2.05, 4.69) is 45.0 Å². The molecule has 0 saturated carbocycles. The van der Waals surface area contributed by atoms with E-state index in [1.807, 2.05) is 0 Å². The molecule has 1 heterocycles. The molecule has 2 aliphatic rings. The first-order chi connectivity index (χ1) is 6.79. The van der Waals surface area contributed by atoms with Gasteiger partial charge in [-0.15, -0.1) is 0 Å². The molecule has 14 heavy (non-hydrogen) atoms. The first kappa shape index (κ1) is 8.89. The molecule has 74 valence electrons. The van der Waals surface area contributed by atoms with Gasteiger partial charge in [-0.05, 0) is 36.5 Å². The van der Waals surface area contributed by atoms with Crippen molar-refractivity contribution >= 4 is 15.9 Å². The highest BCUT2D eigenvalue weighted by atomic mass is 79.9. The molecule has 1 aromatic rings. The van der Waals surface area contributed by atoms with Gasteiger partial charge in [-0.2, -0.15) is 0 Å². The van der Waals surface area contributed by atoms with Crippen LogP contribution < -0.4 is 10.9 Å². The molecular formula is C11H13BrN2. The highest BCUT2D eigenvalue weighted by Crippen LogP contribution is 2.34. The summed E-state index contributed by atoms with van der Waals surface area (Å²) >= 11 is 3.62. The Hall–Kier alpha value is -0.380. The average molecular weight is 253 g/mol. The first-order valence-corrected chi connectivity index (χ1v) is 5.85. The second-order valence-corrected chi connectivity index (χ2v) is 5.17. The maximum atomic E-state index is 3.62. The summed E-state index contributed by atoms with van der Waals surface area (Å²) in [5, 5.41) is 0. The van der Waals surface area contributed by atoms with E-state index in [-0.39, 0.29) is 0 Å². The molecule has 0 aromatic heterocycles. The lowest BCUT2D eigenvalue weighted by atomic mass is 9.77. The van der Waals surface area contributed by atoms with Gasteiger partial charge in [0.2, 0.25) is 0 Å². The molecule has 0 amide bonds. The predicted molar refractivity (Wildman–Crippen MR) is 60.0 cm³/mol. The minimum Gasteiger partial charge on any atom is -0.255 e. The summed E-state index contributed by atoms with van der Waals surface area (Å²) in [6.45, 7) is 1.11. The monoisotopic (exact) mass is 252 g/mol. The lowest BCUT2D eigenvalue weighted by Crippen LogP contribution is -2.71. The predicted octanol–water partition coefficient (Wildman–Crippen LogP) is 1.78. The minimum atomic E-state index is 0.355. The number of hydrazine groups is 1. The molecule has 3 rings (SSSR count). The van der Waals surface area contributed by atoms with E-state index in [1.165, 1.54) is 28.4 Å². The van der Waals surface area contributed by atoms with Crippen LogP contribution in [0.4, 0.5) is 0 Å². The topological polar surface area (TPSA) is 24.1 Å². The number of hydrogen-bond donors (Lipinski definition) is 2. The number of hydrogen-bond acceptors (Lipinski definition) is 2. The number of nitrogens with one attached hydrogen (secondary N) is 2. The summed E-state index contributed by atoms with van der Waals surface area (Å²) in [4.78, 5) is 0. The molecule has 1 unspecified atom stereocenters. The Morgan fingerprint density at radius 2 is 2.21 bits per heavy atom. The lowest BCUT2D eigenvalue weighted by molar-refractivity contribution is 0.140. The van der Waals surface area contributed by atoms with Gasteiger partial charge in [0, 0.05) is 11.0 Å². The van der Waals surface area contributed by atoms with Crippen molar-refractivity contribution in [1.29, 1.82) is 0 Å². The lowest BCUT2D eigenvalue weighted by Gasteiger charge is -2.47. The fraction of sp³-hybridized carbons (Fsp3) is 0.455. The normalized spacial score (nSPS) is 29.8. The molecule has 2 nitrogen and oxygen atoms in total. The molecule has 1 spiro atoms. The van der Waals surface area contributed by atoms with Crippen LogP contribution in [0.1, 0.15) is 17.5 Å². The Morgan fingerprint density at radius 1 is 1.36 bits per heavy atom. The van der Waals surface area contributed by atoms with Crippen LogP contribution >= 0.6 is 15.9 Å². The Bertz CT molecular complexity index is 372. The molecule has 3 heteroatoms. The second kappa shape index (κ2) is 3.05. The molecule has 1 fully saturated rings. The molecule has 1 atom stereocenters. The van der Waals surface area contributed by atoms with Crippen molar-refractivity contribution in [3.8, 4) is 0 Å². The van der Waals surface area contributed by atoms with Crippen molar-refractivity contribution in [3.63, 3.8) is 0 Å². The zero-order valence-corrected chi connectivity index (χ0v) is 9.52. The summed E-state index contributed by atoms with van der Waals surface area (Å²) in [7, 11) is 0. The van der Waals surface area contributed by atoms with Crippen molar-refractivity contribution in [2.75, 3.05) is 6.54 Å². The second-order valence-electron chi connectivity index (χ2n) is 4.31. The Labute approximate surface area is 92.2 Å². The Kier molecular flexibility index (Phi) is 1.94. The quantitative estimate of drug-likeness (QED) is 0.736. The molecule has 1 saturated heterocycles. The Morgan fingerprint density at radius 3 is 2.93 bits per heavy atom. The summed E-state index contributed by atoms with van der Waals surface area (Å²) in [6, 6.07) is 6.53. The zero-order valence-electron chi connectivity index (χ0n) is 7.94. The average Bonchev–Trinajstić information content (AvgIpc) is 2.15. The van der Waals surface area contributed by atoms with Gasteiger partial charge < -0.3 is 0 Å². The minimum absolute atomic E-state index is 0.355. The fourth-order valence-electron chi connectivity index (χ4n) is 2.46. The number of rotatable bonds is 0. The SMILES string of the molecule is Brc1cccc2c1CCC1(CNN1)C2. The van der Waals surface area contributed by atoms with Crippen LogP contribution in [0.3, 0.4) is 0 Å². The molecule has 2 N–H and O–H groups in total. The van der Waals surface area contributed by atoms with E-state index in [0.717, 1.165) is 13.0 Å². The van der Waals surface area contributed by atoms with E-state index >= 15 is 0 Å². The van der Waals surface area contributed by atoms with Crippen LogP contribution in [-0.2, 0) is 12.8 Å². The highest BCUT2D eigenvalue weighted by molar-refractivity contribution is 9.10. The molecule has 1 aliphatic carbocycles. The van der Waals surface area contributed by atoms with Gasteiger partial charge in [0.25, 0.3) is 0 Å². The highest BCUT2D eigenvalue weighted by Gasteiger charge is 2.39. The molecule has 1 aromatic carbocycles. The van der Waals surface area contributed by atoms with Gasteiger partial charge in [-0.25, -0.2) is 5.43 Å². The molecule has 1 aliphatic heterocycles. The van der Waals surface area contributed by atoms with Crippen LogP contribution in [0.15, 0.2) is 22.7 Å². The van der Waals surface area contributed by atoms with Gasteiger partial charge >= 0.3 is 0 Å². The van der Waals surface area contributed by atoms with Crippen molar-refractivity contribution in [1.82, 2.24) is 10.9 Å². The van der Waals surface area contributed by atoms with Crippen molar-refractivity contribution in [2.45, 2.75) is 24.8 Å². The van der Waals surface area contributed by atoms with Crippen molar-refractivity contribution < 1.29 is 0 Å². The van der Waals surface area contributed by atoms with Crippen LogP contribution in [-0.4, -0.2) is 12.1 Å². The third kappa shape index (κ3) is 1.23. The fourth-order valence-corrected chi connectivity index (χ4v) is 3.07. The van der Waals surface area contributed by atoms with E-state index in [4.69, 9.17) is 0 Å². The standard InChI is InChI=1S/C11H13BrN2/c12-10-3-1-2-8-6-11(7-13-14-11)5-4-9(8)10/h1-3,13-14H,4-7H2. The summed E-state index contributed by atoms with van der Waals surface area (Å²) in [6.07, 6.45) is 3.59. The van der Waals surface area contributed by atoms with E-state index < -0.39 is 0 Å². The summed E-state index contributed by atoms with van der Waals surface area (Å²) in [5.41, 5.74) is 9.87. The van der Waals surface area contributed by atoms with E-state index in [0.29, 0.717) is 5.54 Å². The van der Waals surface area contributed by atoms with Gasteiger partial charge in [0.05, 0.1) is 5.54 Å². The first-order valence-electron chi connectivity index (χ1n) is 5.05. The third-order valence-electron chi connectivity index (χ3n) is 3.38. The van der Waals surface area contributed by atoms with E-state index in [9.17, 15) is 0 Å². The van der Waals surface area contributed by atoms with Crippen molar-refractivity contribution in [3.05, 3.63) is 33.8 Å². The molecule has 0 radical (unpaired) electrons. The number of benzene rings is 1. The number of fused-ring (bicyclic) bond motifs is 1. The van der Waals surface area contributed by atoms with Gasteiger partial charge in [0.15, 0.2) is 0 Å². The molecule has 0 bridgehead atoms. The maximum absolute atomic E-state index is 3.62. The van der Waals surface area contributed by atoms with Crippen LogP contribution in [0.5, 0.6) is 0 Å². The summed E-state index contributed by atoms with van der Waals surface area (Å²) < 4.78 is 1.28.